The number of aliphatic hydroxyl groups excluding tert-OH is 1. The van der Waals surface area contributed by atoms with Gasteiger partial charge < -0.3 is 5.11 Å². The second-order valence-corrected chi connectivity index (χ2v) is 5.13. The first-order valence-electron chi connectivity index (χ1n) is 5.41. The van der Waals surface area contributed by atoms with Crippen molar-refractivity contribution in [3.63, 3.8) is 0 Å². The van der Waals surface area contributed by atoms with Crippen molar-refractivity contribution in [2.45, 2.75) is 39.2 Å². The Balaban J connectivity index is 2.27. The lowest BCUT2D eigenvalue weighted by molar-refractivity contribution is -0.105. The van der Waals surface area contributed by atoms with Gasteiger partial charge in [-0.2, -0.15) is 0 Å². The zero-order valence-electron chi connectivity index (χ0n) is 8.86. The number of rotatable bonds is 1. The van der Waals surface area contributed by atoms with Crippen LogP contribution in [0.5, 0.6) is 0 Å². The highest BCUT2D eigenvalue weighted by molar-refractivity contribution is 5.74. The van der Waals surface area contributed by atoms with Crippen LogP contribution in [0.4, 0.5) is 0 Å². The molecule has 0 aromatic rings. The average Bonchev–Trinajstić information content (AvgIpc) is 2.44. The predicted molar refractivity (Wildman–Crippen MR) is 54.8 cm³/mol. The van der Waals surface area contributed by atoms with Gasteiger partial charge in [0.15, 0.2) is 0 Å². The van der Waals surface area contributed by atoms with E-state index in [1.165, 1.54) is 0 Å². The standard InChI is InChI=1S/C12H18O2/c1-8-3-11(14)5-10-4-9(7-13)6-12(8,10)2/h6-8,10-11,14H,3-5H2,1-2H3/t8-,10-,11+,12+/m1/s1. The third-order valence-corrected chi connectivity index (χ3v) is 4.25. The van der Waals surface area contributed by atoms with Gasteiger partial charge in [-0.05, 0) is 42.1 Å². The van der Waals surface area contributed by atoms with Gasteiger partial charge in [-0.3, -0.25) is 4.79 Å². The van der Waals surface area contributed by atoms with Gasteiger partial charge in [0.25, 0.3) is 0 Å². The molecule has 0 radical (unpaired) electrons. The lowest BCUT2D eigenvalue weighted by Crippen LogP contribution is -2.38. The van der Waals surface area contributed by atoms with E-state index in [0.29, 0.717) is 11.8 Å². The Hall–Kier alpha value is -0.630. The monoisotopic (exact) mass is 194 g/mol. The minimum absolute atomic E-state index is 0.148. The Morgan fingerprint density at radius 3 is 2.93 bits per heavy atom. The van der Waals surface area contributed by atoms with Crippen molar-refractivity contribution in [2.75, 3.05) is 0 Å². The summed E-state index contributed by atoms with van der Waals surface area (Å²) >= 11 is 0. The van der Waals surface area contributed by atoms with E-state index < -0.39 is 0 Å². The first-order chi connectivity index (χ1) is 6.56. The maximum Gasteiger partial charge on any atom is 0.145 e. The van der Waals surface area contributed by atoms with E-state index in [9.17, 15) is 9.90 Å². The Kier molecular flexibility index (Phi) is 2.26. The van der Waals surface area contributed by atoms with Gasteiger partial charge in [0, 0.05) is 0 Å². The highest BCUT2D eigenvalue weighted by Crippen LogP contribution is 2.52. The van der Waals surface area contributed by atoms with E-state index in [1.54, 1.807) is 0 Å². The highest BCUT2D eigenvalue weighted by Gasteiger charge is 2.46. The summed E-state index contributed by atoms with van der Waals surface area (Å²) in [5.74, 6) is 0.954. The summed E-state index contributed by atoms with van der Waals surface area (Å²) in [7, 11) is 0. The van der Waals surface area contributed by atoms with E-state index >= 15 is 0 Å². The van der Waals surface area contributed by atoms with Crippen LogP contribution in [0.2, 0.25) is 0 Å². The summed E-state index contributed by atoms with van der Waals surface area (Å²) < 4.78 is 0. The van der Waals surface area contributed by atoms with Crippen molar-refractivity contribution >= 4 is 6.29 Å². The molecule has 2 aliphatic carbocycles. The van der Waals surface area contributed by atoms with Gasteiger partial charge in [-0.1, -0.05) is 19.9 Å². The second kappa shape index (κ2) is 3.20. The first-order valence-corrected chi connectivity index (χ1v) is 5.41. The molecule has 2 nitrogen and oxygen atoms in total. The van der Waals surface area contributed by atoms with Gasteiger partial charge in [0.1, 0.15) is 6.29 Å². The zero-order chi connectivity index (χ0) is 10.3. The SMILES string of the molecule is C[C@@H]1C[C@H](O)C[C@H]2CC(C=O)=C[C@]21C. The molecule has 78 valence electrons. The molecular formula is C12H18O2. The Morgan fingerprint density at radius 1 is 1.57 bits per heavy atom. The molecular weight excluding hydrogens is 176 g/mol. The molecule has 0 saturated heterocycles. The van der Waals surface area contributed by atoms with Crippen LogP contribution in [-0.2, 0) is 4.79 Å². The molecule has 0 aromatic carbocycles. The average molecular weight is 194 g/mol. The number of allylic oxidation sites excluding steroid dienone is 2. The predicted octanol–water partition coefficient (Wildman–Crippen LogP) is 1.93. The topological polar surface area (TPSA) is 37.3 Å². The van der Waals surface area contributed by atoms with Crippen LogP contribution in [0.25, 0.3) is 0 Å². The Bertz CT molecular complexity index is 282. The number of carbonyl (C=O) groups excluding carboxylic acids is 1. The minimum Gasteiger partial charge on any atom is -0.393 e. The number of fused-ring (bicyclic) bond motifs is 1. The van der Waals surface area contributed by atoms with E-state index in [1.807, 2.05) is 0 Å². The molecule has 2 rings (SSSR count). The number of hydrogen-bond donors (Lipinski definition) is 1. The third kappa shape index (κ3) is 1.33. The molecule has 1 fully saturated rings. The van der Waals surface area contributed by atoms with Crippen LogP contribution in [-0.4, -0.2) is 17.5 Å². The molecule has 2 aliphatic rings. The summed E-state index contributed by atoms with van der Waals surface area (Å²) in [6.45, 7) is 4.41. The molecule has 0 aliphatic heterocycles. The Morgan fingerprint density at radius 2 is 2.29 bits per heavy atom. The van der Waals surface area contributed by atoms with Crippen molar-refractivity contribution in [1.82, 2.24) is 0 Å². The van der Waals surface area contributed by atoms with Gasteiger partial charge in [0.2, 0.25) is 0 Å². The smallest absolute Gasteiger partial charge is 0.145 e. The van der Waals surface area contributed by atoms with E-state index in [2.05, 4.69) is 19.9 Å². The number of aldehydes is 1. The van der Waals surface area contributed by atoms with Crippen molar-refractivity contribution in [3.8, 4) is 0 Å². The Labute approximate surface area is 85.0 Å². The summed E-state index contributed by atoms with van der Waals surface area (Å²) in [4.78, 5) is 10.8. The van der Waals surface area contributed by atoms with Crippen LogP contribution in [0.3, 0.4) is 0 Å². The largest absolute Gasteiger partial charge is 0.393 e. The van der Waals surface area contributed by atoms with Gasteiger partial charge in [0.05, 0.1) is 6.10 Å². The molecule has 0 heterocycles. The molecule has 0 bridgehead atoms. The molecule has 4 atom stereocenters. The molecule has 1 N–H and O–H groups in total. The van der Waals surface area contributed by atoms with Crippen LogP contribution in [0.1, 0.15) is 33.1 Å². The van der Waals surface area contributed by atoms with Crippen LogP contribution in [0.15, 0.2) is 11.6 Å². The molecule has 14 heavy (non-hydrogen) atoms. The lowest BCUT2D eigenvalue weighted by Gasteiger charge is -2.43. The van der Waals surface area contributed by atoms with E-state index in [4.69, 9.17) is 0 Å². The highest BCUT2D eigenvalue weighted by atomic mass is 16.3. The van der Waals surface area contributed by atoms with Crippen molar-refractivity contribution in [1.29, 1.82) is 0 Å². The fraction of sp³-hybridized carbons (Fsp3) is 0.750. The van der Waals surface area contributed by atoms with Crippen molar-refractivity contribution < 1.29 is 9.90 Å². The van der Waals surface area contributed by atoms with E-state index in [-0.39, 0.29) is 11.5 Å². The molecule has 2 heteroatoms. The van der Waals surface area contributed by atoms with Crippen LogP contribution in [0, 0.1) is 17.3 Å². The summed E-state index contributed by atoms with van der Waals surface area (Å²) in [6.07, 6.45) is 5.54. The molecule has 0 unspecified atom stereocenters. The van der Waals surface area contributed by atoms with Crippen LogP contribution >= 0.6 is 0 Å². The van der Waals surface area contributed by atoms with Gasteiger partial charge in [-0.25, -0.2) is 0 Å². The van der Waals surface area contributed by atoms with Crippen molar-refractivity contribution in [2.24, 2.45) is 17.3 Å². The third-order valence-electron chi connectivity index (χ3n) is 4.25. The summed E-state index contributed by atoms with van der Waals surface area (Å²) in [5.41, 5.74) is 1.08. The van der Waals surface area contributed by atoms with Crippen LogP contribution < -0.4 is 0 Å². The van der Waals surface area contributed by atoms with E-state index in [0.717, 1.165) is 31.1 Å². The zero-order valence-corrected chi connectivity index (χ0v) is 8.86. The van der Waals surface area contributed by atoms with Crippen molar-refractivity contribution in [3.05, 3.63) is 11.6 Å². The minimum atomic E-state index is -0.164. The molecule has 0 spiro atoms. The second-order valence-electron chi connectivity index (χ2n) is 5.13. The number of hydrogen-bond acceptors (Lipinski definition) is 2. The first kappa shape index (κ1) is 9.91. The normalized spacial score (nSPS) is 47.1. The van der Waals surface area contributed by atoms with Gasteiger partial charge >= 0.3 is 0 Å². The summed E-state index contributed by atoms with van der Waals surface area (Å²) in [5, 5.41) is 9.69. The van der Waals surface area contributed by atoms with Gasteiger partial charge in [-0.15, -0.1) is 0 Å². The molecule has 1 saturated carbocycles. The quantitative estimate of drug-likeness (QED) is 0.648. The summed E-state index contributed by atoms with van der Waals surface area (Å²) in [6, 6.07) is 0. The maximum atomic E-state index is 10.8. The lowest BCUT2D eigenvalue weighted by atomic mass is 9.63. The number of carbonyl (C=O) groups is 1. The fourth-order valence-electron chi connectivity index (χ4n) is 3.13. The fourth-order valence-corrected chi connectivity index (χ4v) is 3.13. The maximum absolute atomic E-state index is 10.8. The number of aliphatic hydroxyl groups is 1. The molecule has 0 aromatic heterocycles. The molecule has 0 amide bonds.